The van der Waals surface area contributed by atoms with Gasteiger partial charge in [-0.25, -0.2) is 9.97 Å². The van der Waals surface area contributed by atoms with Gasteiger partial charge >= 0.3 is 0 Å². The summed E-state index contributed by atoms with van der Waals surface area (Å²) in [4.78, 5) is 24.0. The number of hydrogen-bond acceptors (Lipinski definition) is 6. The van der Waals surface area contributed by atoms with E-state index in [2.05, 4.69) is 30.9 Å². The molecule has 7 nitrogen and oxygen atoms in total. The highest BCUT2D eigenvalue weighted by molar-refractivity contribution is 6.02. The van der Waals surface area contributed by atoms with Crippen molar-refractivity contribution < 1.29 is 4.79 Å². The number of nitrogens with one attached hydrogen (secondary N) is 3. The number of anilines is 3. The predicted molar refractivity (Wildman–Crippen MR) is 75.4 cm³/mol. The largest absolute Gasteiger partial charge is 0.360 e. The Labute approximate surface area is 115 Å². The average Bonchev–Trinajstić information content (AvgIpc) is 2.49. The Morgan fingerprint density at radius 2 is 2.20 bits per heavy atom. The van der Waals surface area contributed by atoms with Crippen LogP contribution in [0, 0.1) is 0 Å². The van der Waals surface area contributed by atoms with Crippen molar-refractivity contribution in [2.45, 2.75) is 13.0 Å². The van der Waals surface area contributed by atoms with Gasteiger partial charge in [0.05, 0.1) is 18.3 Å². The van der Waals surface area contributed by atoms with Crippen molar-refractivity contribution in [2.24, 2.45) is 0 Å². The Morgan fingerprint density at radius 3 is 3.00 bits per heavy atom. The van der Waals surface area contributed by atoms with E-state index in [9.17, 15) is 4.79 Å². The van der Waals surface area contributed by atoms with Crippen LogP contribution >= 0.6 is 0 Å². The molecule has 0 saturated heterocycles. The number of amides is 1. The molecule has 3 N–H and O–H groups in total. The van der Waals surface area contributed by atoms with E-state index in [-0.39, 0.29) is 18.5 Å². The molecule has 1 aliphatic heterocycles. The summed E-state index contributed by atoms with van der Waals surface area (Å²) in [5, 5.41) is 8.96. The molecule has 0 bridgehead atoms. The molecule has 2 aromatic heterocycles. The molecule has 20 heavy (non-hydrogen) atoms. The first-order valence-corrected chi connectivity index (χ1v) is 6.30. The third kappa shape index (κ3) is 2.37. The molecule has 102 valence electrons. The Kier molecular flexibility index (Phi) is 3.16. The van der Waals surface area contributed by atoms with Gasteiger partial charge in [-0.15, -0.1) is 0 Å². The first-order valence-electron chi connectivity index (χ1n) is 6.30. The van der Waals surface area contributed by atoms with Crippen LogP contribution in [0.1, 0.15) is 18.7 Å². The van der Waals surface area contributed by atoms with Gasteiger partial charge in [0.2, 0.25) is 5.91 Å². The number of aromatic nitrogens is 3. The number of carbonyl (C=O) groups excluding carboxylic acids is 1. The van der Waals surface area contributed by atoms with E-state index in [1.165, 1.54) is 6.33 Å². The van der Waals surface area contributed by atoms with Crippen LogP contribution in [0.2, 0.25) is 0 Å². The zero-order chi connectivity index (χ0) is 13.9. The minimum absolute atomic E-state index is 0.0333. The monoisotopic (exact) mass is 270 g/mol. The van der Waals surface area contributed by atoms with Gasteiger partial charge in [-0.1, -0.05) is 6.07 Å². The van der Waals surface area contributed by atoms with Crippen LogP contribution in [-0.2, 0) is 4.79 Å². The van der Waals surface area contributed by atoms with Gasteiger partial charge < -0.3 is 16.0 Å². The molecule has 1 aliphatic rings. The maximum Gasteiger partial charge on any atom is 0.243 e. The van der Waals surface area contributed by atoms with Crippen molar-refractivity contribution >= 4 is 23.2 Å². The fraction of sp³-hybridized carbons (Fsp3) is 0.231. The summed E-state index contributed by atoms with van der Waals surface area (Å²) in [6, 6.07) is 5.70. The van der Waals surface area contributed by atoms with Crippen LogP contribution in [-0.4, -0.2) is 27.4 Å². The molecule has 0 radical (unpaired) electrons. The van der Waals surface area contributed by atoms with Crippen LogP contribution in [0.25, 0.3) is 0 Å². The molecule has 7 heteroatoms. The van der Waals surface area contributed by atoms with Crippen molar-refractivity contribution in [3.8, 4) is 0 Å². The van der Waals surface area contributed by atoms with Crippen molar-refractivity contribution in [3.05, 3.63) is 36.4 Å². The summed E-state index contributed by atoms with van der Waals surface area (Å²) in [5.74, 6) is 1.09. The first kappa shape index (κ1) is 12.3. The Hall–Kier alpha value is -2.70. The van der Waals surface area contributed by atoms with Gasteiger partial charge in [-0.2, -0.15) is 0 Å². The van der Waals surface area contributed by atoms with Gasteiger partial charge in [0, 0.05) is 6.20 Å². The van der Waals surface area contributed by atoms with E-state index in [1.54, 1.807) is 6.20 Å². The maximum atomic E-state index is 11.5. The van der Waals surface area contributed by atoms with Gasteiger partial charge in [0.25, 0.3) is 0 Å². The molecule has 0 fully saturated rings. The maximum absolute atomic E-state index is 11.5. The van der Waals surface area contributed by atoms with E-state index in [0.29, 0.717) is 17.3 Å². The molecule has 3 rings (SSSR count). The second-order valence-electron chi connectivity index (χ2n) is 4.47. The summed E-state index contributed by atoms with van der Waals surface area (Å²) < 4.78 is 0. The quantitative estimate of drug-likeness (QED) is 0.781. The molecule has 0 saturated carbocycles. The zero-order valence-electron chi connectivity index (χ0n) is 10.9. The lowest BCUT2D eigenvalue weighted by molar-refractivity contribution is -0.114. The van der Waals surface area contributed by atoms with Crippen molar-refractivity contribution in [1.29, 1.82) is 0 Å². The third-order valence-electron chi connectivity index (χ3n) is 3.01. The van der Waals surface area contributed by atoms with Gasteiger partial charge in [0.1, 0.15) is 12.0 Å². The smallest absolute Gasteiger partial charge is 0.243 e. The third-order valence-corrected chi connectivity index (χ3v) is 3.01. The first-order chi connectivity index (χ1) is 9.74. The molecule has 0 unspecified atom stereocenters. The number of pyridine rings is 1. The fourth-order valence-corrected chi connectivity index (χ4v) is 2.01. The van der Waals surface area contributed by atoms with Crippen molar-refractivity contribution in [2.75, 3.05) is 22.5 Å². The molecule has 0 aliphatic carbocycles. The highest BCUT2D eigenvalue weighted by Gasteiger charge is 2.20. The topological polar surface area (TPSA) is 91.8 Å². The van der Waals surface area contributed by atoms with Crippen molar-refractivity contribution in [3.63, 3.8) is 0 Å². The van der Waals surface area contributed by atoms with E-state index in [1.807, 2.05) is 25.1 Å². The SMILES string of the molecule is C[C@H](Nc1ncnc2c1NC(=O)CN2)c1ccccn1. The highest BCUT2D eigenvalue weighted by Crippen LogP contribution is 2.30. The fourth-order valence-electron chi connectivity index (χ4n) is 2.01. The Balaban J connectivity index is 1.86. The van der Waals surface area contributed by atoms with E-state index in [4.69, 9.17) is 0 Å². The summed E-state index contributed by atoms with van der Waals surface area (Å²) in [5.41, 5.74) is 1.47. The van der Waals surface area contributed by atoms with E-state index >= 15 is 0 Å². The van der Waals surface area contributed by atoms with E-state index in [0.717, 1.165) is 5.69 Å². The second kappa shape index (κ2) is 5.12. The number of rotatable bonds is 3. The Bertz CT molecular complexity index is 630. The van der Waals surface area contributed by atoms with Gasteiger partial charge in [-0.05, 0) is 19.1 Å². The average molecular weight is 270 g/mol. The zero-order valence-corrected chi connectivity index (χ0v) is 10.9. The summed E-state index contributed by atoms with van der Waals surface area (Å²) in [6.07, 6.45) is 3.20. The van der Waals surface area contributed by atoms with Gasteiger partial charge in [-0.3, -0.25) is 9.78 Å². The minimum Gasteiger partial charge on any atom is -0.360 e. The minimum atomic E-state index is -0.110. The number of hydrogen-bond donors (Lipinski definition) is 3. The highest BCUT2D eigenvalue weighted by atomic mass is 16.2. The lowest BCUT2D eigenvalue weighted by Crippen LogP contribution is -2.29. The van der Waals surface area contributed by atoms with Gasteiger partial charge in [0.15, 0.2) is 11.6 Å². The van der Waals surface area contributed by atoms with Crippen LogP contribution in [0.3, 0.4) is 0 Å². The number of fused-ring (bicyclic) bond motifs is 1. The number of carbonyl (C=O) groups is 1. The van der Waals surface area contributed by atoms with E-state index < -0.39 is 0 Å². The summed E-state index contributed by atoms with van der Waals surface area (Å²) >= 11 is 0. The molecule has 1 amide bonds. The molecule has 2 aromatic rings. The molecule has 0 aromatic carbocycles. The van der Waals surface area contributed by atoms with Crippen LogP contribution < -0.4 is 16.0 Å². The molecule has 3 heterocycles. The van der Waals surface area contributed by atoms with Crippen LogP contribution in [0.4, 0.5) is 17.3 Å². The molecular formula is C13H14N6O. The number of nitrogens with zero attached hydrogens (tertiary/aromatic N) is 3. The summed E-state index contributed by atoms with van der Waals surface area (Å²) in [7, 11) is 0. The normalized spacial score (nSPS) is 14.8. The lowest BCUT2D eigenvalue weighted by atomic mass is 10.2. The standard InChI is InChI=1S/C13H14N6O/c1-8(9-4-2-3-5-14-9)18-13-11-12(16-7-17-13)15-6-10(20)19-11/h2-5,7-8H,6H2,1H3,(H,19,20)(H2,15,16,17,18)/t8-/m0/s1. The second-order valence-corrected chi connectivity index (χ2v) is 4.47. The lowest BCUT2D eigenvalue weighted by Gasteiger charge is -2.22. The Morgan fingerprint density at radius 1 is 1.30 bits per heavy atom. The van der Waals surface area contributed by atoms with Crippen LogP contribution in [0.5, 0.6) is 0 Å². The predicted octanol–water partition coefficient (Wildman–Crippen LogP) is 1.41. The molecule has 1 atom stereocenters. The van der Waals surface area contributed by atoms with Crippen LogP contribution in [0.15, 0.2) is 30.7 Å². The summed E-state index contributed by atoms with van der Waals surface area (Å²) in [6.45, 7) is 2.20. The van der Waals surface area contributed by atoms with Crippen molar-refractivity contribution in [1.82, 2.24) is 15.0 Å². The molecular weight excluding hydrogens is 256 g/mol. The molecule has 0 spiro atoms.